The summed E-state index contributed by atoms with van der Waals surface area (Å²) in [7, 11) is 0. The van der Waals surface area contributed by atoms with Crippen molar-refractivity contribution >= 4 is 108 Å². The van der Waals surface area contributed by atoms with Crippen LogP contribution in [-0.2, 0) is 0 Å². The summed E-state index contributed by atoms with van der Waals surface area (Å²) in [5.74, 6) is 3.53. The monoisotopic (exact) mass is 1930 g/mol. The highest BCUT2D eigenvalue weighted by Crippen LogP contribution is 2.35. The summed E-state index contributed by atoms with van der Waals surface area (Å²) in [6, 6.07) is 160. The predicted octanol–water partition coefficient (Wildman–Crippen LogP) is 42.1. The Morgan fingerprint density at radius 3 is 0.615 bits per heavy atom. The number of fused-ring (bicyclic) bond motifs is 10. The Balaban J connectivity index is 0.000000123. The van der Waals surface area contributed by atoms with E-state index >= 15 is 0 Å². The predicted molar refractivity (Wildman–Crippen MR) is 648 cm³/mol. The van der Waals surface area contributed by atoms with Crippen LogP contribution in [0.2, 0.25) is 0 Å². The first-order valence-electron chi connectivity index (χ1n) is 51.7. The van der Waals surface area contributed by atoms with Crippen molar-refractivity contribution in [2.75, 3.05) is 0 Å². The Morgan fingerprint density at radius 1 is 0.108 bits per heavy atom. The largest absolute Gasteiger partial charge is 0.457 e. The van der Waals surface area contributed by atoms with Crippen LogP contribution in [0.15, 0.2) is 449 Å². The number of hydrogen-bond donors (Lipinski definition) is 0. The van der Waals surface area contributed by atoms with Crippen molar-refractivity contribution < 1.29 is 9.47 Å². The van der Waals surface area contributed by atoms with E-state index in [1.54, 1.807) is 0 Å². The highest BCUT2D eigenvalue weighted by molar-refractivity contribution is 6.03. The number of ether oxygens (including phenoxy) is 2. The highest BCUT2D eigenvalue weighted by Gasteiger charge is 2.10. The average molecular weight is 1930 g/mol. The summed E-state index contributed by atoms with van der Waals surface area (Å²) in [5, 5.41) is 26.7. The minimum absolute atomic E-state index is 0.879. The Morgan fingerprint density at radius 2 is 0.311 bits per heavy atom. The fourth-order valence-electron chi connectivity index (χ4n) is 18.6. The third-order valence-corrected chi connectivity index (χ3v) is 27.1. The van der Waals surface area contributed by atoms with Crippen LogP contribution in [0, 0.1) is 152 Å². The highest BCUT2D eigenvalue weighted by atomic mass is 16.5. The minimum atomic E-state index is 0.879. The van der Waals surface area contributed by atoms with Crippen molar-refractivity contribution in [2.45, 2.75) is 152 Å². The van der Waals surface area contributed by atoms with Gasteiger partial charge in [-0.25, -0.2) is 0 Å². The summed E-state index contributed by atoms with van der Waals surface area (Å²) in [4.78, 5) is 0. The summed E-state index contributed by atoms with van der Waals surface area (Å²) >= 11 is 0. The molecule has 0 aliphatic rings. The van der Waals surface area contributed by atoms with Crippen LogP contribution < -0.4 is 9.47 Å². The standard InChI is InChI=1S/4C16H14.C16H18.2C14H14O.C14H14.2C12H12/c1-11-3-5-13-10-16-8-12(2)4-6-14(16)9-15(13)7-11;1-11-3-5-13-9-14-6-4-12(2)8-16(14)10-15(13)7-11;1-11-5-3-7-13-9-14-8-4-6-12(2)16(14)10-15(11)13;1-11-6-7-13-9-14-5-3-4-12(2)16(14)10-15(13)8-11;1-11-5-7-15(13(3)9-11)16-8-6-12(2)10-14(16)4;1-11-3-7-13(8-4-11)15-14-9-5-12(2)6-10-14;1-11-6-8-13(9-7-11)15-14-5-3-4-12(2)10-14;1-11-3-7-13(8-4-11)14-9-5-12(2)6-10-14;1-9-3-5-12-8-10(2)4-6-11(12)7-9;1-9-3-5-11-6-4-10(2)8-12(11)7-9/h4*3-10H,1-2H3;5-10H,1-4H3;2*3-10H,1-2H3;3-10H,1-2H3;2*3-8H,1-2H3. The minimum Gasteiger partial charge on any atom is -0.457 e. The molecule has 0 aromatic heterocycles. The van der Waals surface area contributed by atoms with Gasteiger partial charge in [-0.2, -0.15) is 0 Å². The molecule has 0 bridgehead atoms. The molecule has 0 aliphatic carbocycles. The van der Waals surface area contributed by atoms with Gasteiger partial charge in [0.1, 0.15) is 23.0 Å². The van der Waals surface area contributed by atoms with Gasteiger partial charge in [0.25, 0.3) is 0 Å². The van der Waals surface area contributed by atoms with E-state index in [2.05, 4.69) is 510 Å². The lowest BCUT2D eigenvalue weighted by atomic mass is 9.94. The third-order valence-electron chi connectivity index (χ3n) is 27.1. The molecule has 2 heteroatoms. The number of hydrogen-bond acceptors (Lipinski definition) is 2. The topological polar surface area (TPSA) is 18.5 Å². The molecule has 0 heterocycles. The molecular weight excluding hydrogens is 1790 g/mol. The summed E-state index contributed by atoms with van der Waals surface area (Å²) in [5.41, 5.74) is 34.1. The van der Waals surface area contributed by atoms with E-state index in [9.17, 15) is 0 Å². The van der Waals surface area contributed by atoms with E-state index in [1.807, 2.05) is 91.0 Å². The van der Waals surface area contributed by atoms with Crippen LogP contribution in [0.3, 0.4) is 0 Å². The molecule has 0 radical (unpaired) electrons. The van der Waals surface area contributed by atoms with Crippen molar-refractivity contribution in [3.05, 3.63) is 571 Å². The maximum Gasteiger partial charge on any atom is 0.127 e. The maximum absolute atomic E-state index is 5.71. The Hall–Kier alpha value is -16.5. The van der Waals surface area contributed by atoms with Gasteiger partial charge in [-0.15, -0.1) is 0 Å². The molecule has 0 saturated carbocycles. The van der Waals surface area contributed by atoms with Crippen LogP contribution in [0.1, 0.15) is 122 Å². The number of benzene rings is 24. The van der Waals surface area contributed by atoms with E-state index in [1.165, 1.54) is 252 Å². The Kier molecular flexibility index (Phi) is 35.6. The molecule has 0 aliphatic heterocycles. The summed E-state index contributed by atoms with van der Waals surface area (Å²) < 4.78 is 11.4. The Bertz CT molecular complexity index is 8300. The van der Waals surface area contributed by atoms with Gasteiger partial charge >= 0.3 is 0 Å². The summed E-state index contributed by atoms with van der Waals surface area (Å²) in [6.07, 6.45) is 0. The molecule has 0 amide bonds. The van der Waals surface area contributed by atoms with Crippen molar-refractivity contribution in [1.82, 2.24) is 0 Å². The second-order valence-electron chi connectivity index (χ2n) is 40.6. The van der Waals surface area contributed by atoms with Gasteiger partial charge < -0.3 is 9.47 Å². The number of aryl methyl sites for hydroxylation is 22. The van der Waals surface area contributed by atoms with Crippen LogP contribution in [0.25, 0.3) is 130 Å². The van der Waals surface area contributed by atoms with Gasteiger partial charge in [-0.3, -0.25) is 0 Å². The normalized spacial score (nSPS) is 10.6. The van der Waals surface area contributed by atoms with E-state index in [4.69, 9.17) is 9.47 Å². The van der Waals surface area contributed by atoms with Crippen molar-refractivity contribution in [2.24, 2.45) is 0 Å². The third kappa shape index (κ3) is 29.7. The van der Waals surface area contributed by atoms with Gasteiger partial charge in [0.2, 0.25) is 0 Å². The second kappa shape index (κ2) is 49.8. The van der Waals surface area contributed by atoms with Crippen molar-refractivity contribution in [3.63, 3.8) is 0 Å². The van der Waals surface area contributed by atoms with Gasteiger partial charge in [0, 0.05) is 0 Å². The summed E-state index contributed by atoms with van der Waals surface area (Å²) in [6.45, 7) is 46.8. The molecule has 2 nitrogen and oxygen atoms in total. The first kappa shape index (κ1) is 106. The van der Waals surface area contributed by atoms with Crippen LogP contribution in [0.4, 0.5) is 0 Å². The Labute approximate surface area is 879 Å². The first-order chi connectivity index (χ1) is 71.2. The molecule has 24 rings (SSSR count). The first-order valence-corrected chi connectivity index (χ1v) is 51.7. The van der Waals surface area contributed by atoms with E-state index < -0.39 is 0 Å². The molecule has 0 unspecified atom stereocenters. The lowest BCUT2D eigenvalue weighted by molar-refractivity contribution is 0.482. The molecule has 0 N–H and O–H groups in total. The fraction of sp³-hybridized carbons (Fsp3) is 0.151. The molecule has 0 fully saturated rings. The smallest absolute Gasteiger partial charge is 0.127 e. The molecule has 0 spiro atoms. The van der Waals surface area contributed by atoms with Crippen LogP contribution >= 0.6 is 0 Å². The average Bonchev–Trinajstić information content (AvgIpc) is 0.789. The van der Waals surface area contributed by atoms with Crippen molar-refractivity contribution in [3.8, 4) is 45.3 Å². The zero-order chi connectivity index (χ0) is 105. The maximum atomic E-state index is 5.71. The van der Waals surface area contributed by atoms with Gasteiger partial charge in [-0.05, 0) is 413 Å². The zero-order valence-corrected chi connectivity index (χ0v) is 90.5. The van der Waals surface area contributed by atoms with Gasteiger partial charge in [0.15, 0.2) is 0 Å². The molecule has 0 saturated heterocycles. The molecule has 148 heavy (non-hydrogen) atoms. The molecule has 736 valence electrons. The molecular formula is C146H140O2. The van der Waals surface area contributed by atoms with Gasteiger partial charge in [-0.1, -0.05) is 441 Å². The van der Waals surface area contributed by atoms with Crippen LogP contribution in [0.5, 0.6) is 23.0 Å². The second-order valence-corrected chi connectivity index (χ2v) is 40.6. The van der Waals surface area contributed by atoms with E-state index in [-0.39, 0.29) is 0 Å². The lowest BCUT2D eigenvalue weighted by Gasteiger charge is -2.10. The molecule has 24 aromatic carbocycles. The SMILES string of the molecule is Cc1ccc(-c2ccc(C)cc2)cc1.Cc1ccc(-c2ccc(C)cc2C)c(C)c1.Cc1ccc(Oc2ccc(C)cc2)cc1.Cc1ccc(Oc2cccc(C)c2)cc1.Cc1ccc2cc(C)ccc2c1.Cc1ccc2cc3cc(C)ccc3cc2c1.Cc1ccc2cc3ccc(C)cc3cc2c1.Cc1ccc2cc3cccc(C)c3cc2c1.Cc1ccc2ccc(C)cc2c1.Cc1cccc2cc3cccc(C)c3cc12. The lowest BCUT2D eigenvalue weighted by Crippen LogP contribution is -1.88. The van der Waals surface area contributed by atoms with Crippen molar-refractivity contribution in [1.29, 1.82) is 0 Å². The molecule has 0 atom stereocenters. The van der Waals surface area contributed by atoms with E-state index in [0.717, 1.165) is 23.0 Å². The zero-order valence-electron chi connectivity index (χ0n) is 90.5. The fourth-order valence-corrected chi connectivity index (χ4v) is 18.6. The quantitative estimate of drug-likeness (QED) is 0.155. The number of rotatable bonds is 6. The van der Waals surface area contributed by atoms with E-state index in [0.29, 0.717) is 0 Å². The van der Waals surface area contributed by atoms with Gasteiger partial charge in [0.05, 0.1) is 0 Å². The molecule has 24 aromatic rings. The van der Waals surface area contributed by atoms with Crippen LogP contribution in [-0.4, -0.2) is 0 Å².